The van der Waals surface area contributed by atoms with Crippen molar-refractivity contribution in [3.05, 3.63) is 88.9 Å². The highest BCUT2D eigenvalue weighted by Gasteiger charge is 2.33. The van der Waals surface area contributed by atoms with E-state index in [2.05, 4.69) is 21.2 Å². The van der Waals surface area contributed by atoms with Crippen molar-refractivity contribution in [2.75, 3.05) is 18.0 Å². The van der Waals surface area contributed by atoms with Crippen LogP contribution in [0.5, 0.6) is 5.75 Å². The standard InChI is InChI=1S/C29H34BrN3O5S/c1-5-21(2)31-29(35)22(3)32(19-23-11-9-12-24(30)17-23)28(34)20-33(25-13-10-14-26(18-25)38-4)39(36,37)27-15-7-6-8-16-27/h6-18,21-22H,5,19-20H2,1-4H3,(H,31,35)/t21-,22-/m0/s1. The van der Waals surface area contributed by atoms with Gasteiger partial charge < -0.3 is 15.0 Å². The molecule has 0 aliphatic rings. The van der Waals surface area contributed by atoms with Crippen LogP contribution < -0.4 is 14.4 Å². The first-order chi connectivity index (χ1) is 18.6. The van der Waals surface area contributed by atoms with Crippen molar-refractivity contribution >= 4 is 43.5 Å². The zero-order valence-corrected chi connectivity index (χ0v) is 24.9. The van der Waals surface area contributed by atoms with Crippen LogP contribution in [-0.4, -0.2) is 50.9 Å². The monoisotopic (exact) mass is 615 g/mol. The summed E-state index contributed by atoms with van der Waals surface area (Å²) in [7, 11) is -2.65. The van der Waals surface area contributed by atoms with Crippen LogP contribution in [0, 0.1) is 0 Å². The first-order valence-corrected chi connectivity index (χ1v) is 14.9. The molecule has 3 aromatic rings. The number of rotatable bonds is 12. The third-order valence-corrected chi connectivity index (χ3v) is 8.64. The van der Waals surface area contributed by atoms with Crippen LogP contribution in [-0.2, 0) is 26.2 Å². The van der Waals surface area contributed by atoms with Gasteiger partial charge in [0.25, 0.3) is 10.0 Å². The molecular formula is C29H34BrN3O5S. The third-order valence-electron chi connectivity index (χ3n) is 6.36. The minimum absolute atomic E-state index is 0.0433. The van der Waals surface area contributed by atoms with Crippen molar-refractivity contribution < 1.29 is 22.7 Å². The number of benzene rings is 3. The SMILES string of the molecule is CC[C@H](C)NC(=O)[C@H](C)N(Cc1cccc(Br)c1)C(=O)CN(c1cccc(OC)c1)S(=O)(=O)c1ccccc1. The topological polar surface area (TPSA) is 96.0 Å². The van der Waals surface area contributed by atoms with E-state index in [0.717, 1.165) is 20.8 Å². The summed E-state index contributed by atoms with van der Waals surface area (Å²) in [6.45, 7) is 5.10. The molecule has 0 aliphatic heterocycles. The van der Waals surface area contributed by atoms with Gasteiger partial charge in [-0.25, -0.2) is 8.42 Å². The van der Waals surface area contributed by atoms with Gasteiger partial charge in [0.2, 0.25) is 11.8 Å². The number of nitrogens with zero attached hydrogens (tertiary/aromatic N) is 2. The molecule has 1 N–H and O–H groups in total. The Labute approximate surface area is 239 Å². The number of carbonyl (C=O) groups is 2. The third kappa shape index (κ3) is 7.83. The maximum atomic E-state index is 13.9. The van der Waals surface area contributed by atoms with Gasteiger partial charge in [0.15, 0.2) is 0 Å². The summed E-state index contributed by atoms with van der Waals surface area (Å²) >= 11 is 3.45. The molecule has 0 unspecified atom stereocenters. The zero-order chi connectivity index (χ0) is 28.6. The molecular weight excluding hydrogens is 582 g/mol. The number of ether oxygens (including phenoxy) is 1. The smallest absolute Gasteiger partial charge is 0.264 e. The summed E-state index contributed by atoms with van der Waals surface area (Å²) in [6.07, 6.45) is 0.733. The van der Waals surface area contributed by atoms with Gasteiger partial charge in [0.1, 0.15) is 18.3 Å². The molecule has 3 aromatic carbocycles. The maximum Gasteiger partial charge on any atom is 0.264 e. The number of halogens is 1. The average molecular weight is 617 g/mol. The molecule has 39 heavy (non-hydrogen) atoms. The number of nitrogens with one attached hydrogen (secondary N) is 1. The second-order valence-electron chi connectivity index (χ2n) is 9.17. The maximum absolute atomic E-state index is 13.9. The lowest BCUT2D eigenvalue weighted by molar-refractivity contribution is -0.139. The molecule has 0 aliphatic carbocycles. The number of hydrogen-bond donors (Lipinski definition) is 1. The molecule has 2 amide bonds. The van der Waals surface area contributed by atoms with Gasteiger partial charge in [-0.15, -0.1) is 0 Å². The molecule has 0 saturated carbocycles. The summed E-state index contributed by atoms with van der Waals surface area (Å²) in [5.74, 6) is -0.392. The molecule has 3 rings (SSSR count). The highest BCUT2D eigenvalue weighted by Crippen LogP contribution is 2.27. The average Bonchev–Trinajstić information content (AvgIpc) is 2.94. The second-order valence-corrected chi connectivity index (χ2v) is 11.9. The molecule has 0 fully saturated rings. The van der Waals surface area contributed by atoms with Gasteiger partial charge in [-0.1, -0.05) is 59.3 Å². The lowest BCUT2D eigenvalue weighted by Crippen LogP contribution is -2.52. The van der Waals surface area contributed by atoms with E-state index in [-0.39, 0.29) is 29.1 Å². The lowest BCUT2D eigenvalue weighted by Gasteiger charge is -2.32. The zero-order valence-electron chi connectivity index (χ0n) is 22.5. The van der Waals surface area contributed by atoms with E-state index in [0.29, 0.717) is 5.75 Å². The molecule has 0 bridgehead atoms. The van der Waals surface area contributed by atoms with Crippen molar-refractivity contribution in [3.63, 3.8) is 0 Å². The van der Waals surface area contributed by atoms with Gasteiger partial charge in [0, 0.05) is 23.1 Å². The van der Waals surface area contributed by atoms with Crippen LogP contribution in [0.1, 0.15) is 32.8 Å². The number of sulfonamides is 1. The Morgan fingerprint density at radius 3 is 2.31 bits per heavy atom. The molecule has 2 atom stereocenters. The van der Waals surface area contributed by atoms with Gasteiger partial charge in [-0.05, 0) is 62.2 Å². The van der Waals surface area contributed by atoms with E-state index in [1.54, 1.807) is 49.4 Å². The van der Waals surface area contributed by atoms with E-state index in [1.165, 1.54) is 24.1 Å². The predicted molar refractivity (Wildman–Crippen MR) is 156 cm³/mol. The number of amides is 2. The quantitative estimate of drug-likeness (QED) is 0.310. The molecule has 0 heterocycles. The lowest BCUT2D eigenvalue weighted by atomic mass is 10.1. The summed E-state index contributed by atoms with van der Waals surface area (Å²) in [5, 5.41) is 2.93. The Balaban J connectivity index is 2.03. The van der Waals surface area contributed by atoms with Gasteiger partial charge >= 0.3 is 0 Å². The van der Waals surface area contributed by atoms with Crippen molar-refractivity contribution in [1.82, 2.24) is 10.2 Å². The Bertz CT molecular complexity index is 1380. The van der Waals surface area contributed by atoms with E-state index in [9.17, 15) is 18.0 Å². The number of hydrogen-bond acceptors (Lipinski definition) is 5. The molecule has 0 aromatic heterocycles. The highest BCUT2D eigenvalue weighted by atomic mass is 79.9. The molecule has 8 nitrogen and oxygen atoms in total. The highest BCUT2D eigenvalue weighted by molar-refractivity contribution is 9.10. The first-order valence-electron chi connectivity index (χ1n) is 12.6. The van der Waals surface area contributed by atoms with Crippen LogP contribution in [0.4, 0.5) is 5.69 Å². The van der Waals surface area contributed by atoms with E-state index >= 15 is 0 Å². The van der Waals surface area contributed by atoms with Crippen molar-refractivity contribution in [1.29, 1.82) is 0 Å². The number of anilines is 1. The number of methoxy groups -OCH3 is 1. The van der Waals surface area contributed by atoms with Crippen LogP contribution >= 0.6 is 15.9 Å². The normalized spacial score (nSPS) is 12.7. The molecule has 0 spiro atoms. The van der Waals surface area contributed by atoms with Crippen molar-refractivity contribution in [2.45, 2.75) is 50.7 Å². The molecule has 0 radical (unpaired) electrons. The predicted octanol–water partition coefficient (Wildman–Crippen LogP) is 4.99. The summed E-state index contributed by atoms with van der Waals surface area (Å²) in [5.41, 5.74) is 1.06. The Kier molecular flexibility index (Phi) is 10.5. The Morgan fingerprint density at radius 2 is 1.67 bits per heavy atom. The Hall–Kier alpha value is -3.37. The van der Waals surface area contributed by atoms with Crippen LogP contribution in [0.15, 0.2) is 88.2 Å². The summed E-state index contributed by atoms with van der Waals surface area (Å²) in [4.78, 5) is 28.5. The summed E-state index contributed by atoms with van der Waals surface area (Å²) < 4.78 is 34.8. The minimum Gasteiger partial charge on any atom is -0.497 e. The molecule has 208 valence electrons. The van der Waals surface area contributed by atoms with Crippen LogP contribution in [0.3, 0.4) is 0 Å². The minimum atomic E-state index is -4.13. The van der Waals surface area contributed by atoms with E-state index in [1.807, 2.05) is 38.1 Å². The van der Waals surface area contributed by atoms with Crippen molar-refractivity contribution in [3.8, 4) is 5.75 Å². The fourth-order valence-corrected chi connectivity index (χ4v) is 5.77. The largest absolute Gasteiger partial charge is 0.497 e. The van der Waals surface area contributed by atoms with Gasteiger partial charge in [-0.2, -0.15) is 0 Å². The number of carbonyl (C=O) groups excluding carboxylic acids is 2. The van der Waals surface area contributed by atoms with Gasteiger partial charge in [0.05, 0.1) is 17.7 Å². The Morgan fingerprint density at radius 1 is 0.974 bits per heavy atom. The fraction of sp³-hybridized carbons (Fsp3) is 0.310. The first kappa shape index (κ1) is 30.2. The van der Waals surface area contributed by atoms with E-state index < -0.39 is 28.5 Å². The van der Waals surface area contributed by atoms with Gasteiger partial charge in [-0.3, -0.25) is 13.9 Å². The molecule has 0 saturated heterocycles. The molecule has 10 heteroatoms. The fourth-order valence-electron chi connectivity index (χ4n) is 3.89. The van der Waals surface area contributed by atoms with Crippen LogP contribution in [0.2, 0.25) is 0 Å². The van der Waals surface area contributed by atoms with Crippen LogP contribution in [0.25, 0.3) is 0 Å². The van der Waals surface area contributed by atoms with Crippen molar-refractivity contribution in [2.24, 2.45) is 0 Å². The van der Waals surface area contributed by atoms with E-state index in [4.69, 9.17) is 4.74 Å². The second kappa shape index (κ2) is 13.6. The summed E-state index contributed by atoms with van der Waals surface area (Å²) in [6, 6.07) is 20.9.